The third kappa shape index (κ3) is 7.58. The van der Waals surface area contributed by atoms with Crippen LogP contribution in [0, 0.1) is 41.5 Å². The molecule has 2 heteroatoms. The van der Waals surface area contributed by atoms with E-state index in [2.05, 4.69) is 161 Å². The van der Waals surface area contributed by atoms with Gasteiger partial charge in [-0.15, -0.1) is 0 Å². The summed E-state index contributed by atoms with van der Waals surface area (Å²) < 4.78 is 0. The van der Waals surface area contributed by atoms with Crippen LogP contribution in [-0.2, 0) is 0 Å². The molecule has 54 heavy (non-hydrogen) atoms. The predicted octanol–water partition coefficient (Wildman–Crippen LogP) is 15.7. The maximum Gasteiger partial charge on any atom is 0.0470 e. The average molecular weight is 711 g/mol. The molecule has 0 aliphatic heterocycles. The fourth-order valence-corrected chi connectivity index (χ4v) is 9.76. The average Bonchev–Trinajstić information content (AvgIpc) is 3.16. The first kappa shape index (κ1) is 36.2. The number of fused-ring (bicyclic) bond motifs is 1. The standard InChI is InChI=1S/C52H58N2/c1-35-25-36(2)28-47(27-35)53(45-21-17-43(18-22-45)41-13-9-7-10-14-41)49-31-39(5)52-34-50(32-40(6)51(52)33-49)54(48-29-37(3)26-38(4)30-48)46-23-19-44(20-24-46)42-15-11-8-12-16-42/h17-34,41-42H,7-16H2,1-6H3. The molecule has 8 rings (SSSR count). The van der Waals surface area contributed by atoms with E-state index in [9.17, 15) is 0 Å². The third-order valence-electron chi connectivity index (χ3n) is 12.4. The Hall–Kier alpha value is -4.82. The summed E-state index contributed by atoms with van der Waals surface area (Å²) in [5.41, 5.74) is 17.9. The van der Waals surface area contributed by atoms with E-state index in [-0.39, 0.29) is 0 Å². The van der Waals surface area contributed by atoms with Gasteiger partial charge in [-0.1, -0.05) is 74.9 Å². The summed E-state index contributed by atoms with van der Waals surface area (Å²) in [6, 6.07) is 42.6. The van der Waals surface area contributed by atoms with Gasteiger partial charge in [0.05, 0.1) is 0 Å². The van der Waals surface area contributed by atoms with Gasteiger partial charge in [-0.3, -0.25) is 0 Å². The molecule has 0 bridgehead atoms. The van der Waals surface area contributed by atoms with E-state index in [1.807, 2.05) is 0 Å². The van der Waals surface area contributed by atoms with Gasteiger partial charge >= 0.3 is 0 Å². The summed E-state index contributed by atoms with van der Waals surface area (Å²) in [5.74, 6) is 1.39. The van der Waals surface area contributed by atoms with E-state index in [4.69, 9.17) is 0 Å². The van der Waals surface area contributed by atoms with Crippen molar-refractivity contribution in [3.8, 4) is 0 Å². The third-order valence-corrected chi connectivity index (χ3v) is 12.4. The fourth-order valence-electron chi connectivity index (χ4n) is 9.76. The molecule has 276 valence electrons. The molecular weight excluding hydrogens is 653 g/mol. The lowest BCUT2D eigenvalue weighted by molar-refractivity contribution is 0.443. The highest BCUT2D eigenvalue weighted by atomic mass is 15.1. The number of hydrogen-bond acceptors (Lipinski definition) is 2. The number of aryl methyl sites for hydroxylation is 6. The lowest BCUT2D eigenvalue weighted by atomic mass is 9.84. The van der Waals surface area contributed by atoms with Gasteiger partial charge in [0.1, 0.15) is 0 Å². The van der Waals surface area contributed by atoms with E-state index < -0.39 is 0 Å². The van der Waals surface area contributed by atoms with Crippen molar-refractivity contribution in [3.05, 3.63) is 154 Å². The van der Waals surface area contributed by atoms with Gasteiger partial charge in [-0.25, -0.2) is 0 Å². The van der Waals surface area contributed by atoms with Crippen LogP contribution in [0.25, 0.3) is 10.8 Å². The van der Waals surface area contributed by atoms with E-state index in [0.717, 1.165) is 0 Å². The molecule has 2 saturated carbocycles. The molecule has 2 aliphatic carbocycles. The molecule has 2 fully saturated rings. The van der Waals surface area contributed by atoms with Crippen LogP contribution >= 0.6 is 0 Å². The van der Waals surface area contributed by atoms with Crippen molar-refractivity contribution in [2.75, 3.05) is 9.80 Å². The van der Waals surface area contributed by atoms with Crippen molar-refractivity contribution in [1.29, 1.82) is 0 Å². The molecule has 0 saturated heterocycles. The molecule has 0 N–H and O–H groups in total. The Labute approximate surface area is 324 Å². The molecular formula is C52H58N2. The molecule has 2 aliphatic rings. The van der Waals surface area contributed by atoms with Crippen molar-refractivity contribution in [2.45, 2.75) is 118 Å². The highest BCUT2D eigenvalue weighted by Gasteiger charge is 2.22. The molecule has 6 aromatic rings. The Balaban J connectivity index is 1.22. The zero-order valence-corrected chi connectivity index (χ0v) is 33.5. The Bertz CT molecular complexity index is 2050. The first-order valence-electron chi connectivity index (χ1n) is 20.7. The summed E-state index contributed by atoms with van der Waals surface area (Å²) in [6.45, 7) is 13.4. The molecule has 0 radical (unpaired) electrons. The highest BCUT2D eigenvalue weighted by Crippen LogP contribution is 2.44. The number of benzene rings is 6. The molecule has 0 amide bonds. The summed E-state index contributed by atoms with van der Waals surface area (Å²) in [6.07, 6.45) is 13.5. The number of rotatable bonds is 8. The van der Waals surface area contributed by atoms with Crippen LogP contribution in [0.15, 0.2) is 109 Å². The molecule has 6 aromatic carbocycles. The maximum atomic E-state index is 2.47. The van der Waals surface area contributed by atoms with Crippen LogP contribution in [0.1, 0.15) is 121 Å². The van der Waals surface area contributed by atoms with Gasteiger partial charge in [0, 0.05) is 34.1 Å². The smallest absolute Gasteiger partial charge is 0.0470 e. The van der Waals surface area contributed by atoms with Crippen LogP contribution in [0.2, 0.25) is 0 Å². The van der Waals surface area contributed by atoms with Gasteiger partial charge in [-0.2, -0.15) is 0 Å². The second kappa shape index (κ2) is 15.5. The van der Waals surface area contributed by atoms with E-state index >= 15 is 0 Å². The Kier molecular flexibility index (Phi) is 10.4. The van der Waals surface area contributed by atoms with Crippen LogP contribution in [0.3, 0.4) is 0 Å². The summed E-state index contributed by atoms with van der Waals surface area (Å²) in [4.78, 5) is 4.94. The minimum absolute atomic E-state index is 0.695. The predicted molar refractivity (Wildman–Crippen MR) is 233 cm³/mol. The SMILES string of the molecule is Cc1cc(C)cc(N(c2ccc(C3CCCCC3)cc2)c2cc(C)c3cc(N(c4ccc(C5CCCCC5)cc4)c4cc(C)cc(C)c4)cc(C)c3c2)c1. The van der Waals surface area contributed by atoms with Gasteiger partial charge in [-0.05, 0) is 207 Å². The highest BCUT2D eigenvalue weighted by molar-refractivity contribution is 5.97. The van der Waals surface area contributed by atoms with Crippen LogP contribution in [0.4, 0.5) is 34.1 Å². The normalized spacial score (nSPS) is 15.4. The second-order valence-corrected chi connectivity index (χ2v) is 16.8. The van der Waals surface area contributed by atoms with Gasteiger partial charge in [0.2, 0.25) is 0 Å². The first-order valence-corrected chi connectivity index (χ1v) is 20.7. The largest absolute Gasteiger partial charge is 0.310 e. The van der Waals surface area contributed by atoms with Crippen molar-refractivity contribution in [3.63, 3.8) is 0 Å². The fraction of sp³-hybridized carbons (Fsp3) is 0.346. The van der Waals surface area contributed by atoms with E-state index in [1.165, 1.54) is 154 Å². The number of nitrogens with zero attached hydrogens (tertiary/aromatic N) is 2. The van der Waals surface area contributed by atoms with Crippen molar-refractivity contribution < 1.29 is 0 Å². The molecule has 0 atom stereocenters. The van der Waals surface area contributed by atoms with Gasteiger partial charge in [0.25, 0.3) is 0 Å². The molecule has 0 unspecified atom stereocenters. The zero-order valence-electron chi connectivity index (χ0n) is 33.5. The quantitative estimate of drug-likeness (QED) is 0.155. The lowest BCUT2D eigenvalue weighted by Crippen LogP contribution is -2.13. The van der Waals surface area contributed by atoms with Gasteiger partial charge < -0.3 is 9.80 Å². The Morgan fingerprint density at radius 1 is 0.333 bits per heavy atom. The maximum absolute atomic E-state index is 2.47. The van der Waals surface area contributed by atoms with Crippen LogP contribution in [0.5, 0.6) is 0 Å². The lowest BCUT2D eigenvalue weighted by Gasteiger charge is -2.30. The molecule has 0 heterocycles. The van der Waals surface area contributed by atoms with Crippen molar-refractivity contribution >= 4 is 44.9 Å². The minimum Gasteiger partial charge on any atom is -0.310 e. The topological polar surface area (TPSA) is 6.48 Å². The number of anilines is 6. The van der Waals surface area contributed by atoms with E-state index in [0.29, 0.717) is 11.8 Å². The van der Waals surface area contributed by atoms with E-state index in [1.54, 1.807) is 0 Å². The summed E-state index contributed by atoms with van der Waals surface area (Å²) in [7, 11) is 0. The monoisotopic (exact) mass is 710 g/mol. The van der Waals surface area contributed by atoms with Gasteiger partial charge in [0.15, 0.2) is 0 Å². The van der Waals surface area contributed by atoms with Crippen LogP contribution in [-0.4, -0.2) is 0 Å². The second-order valence-electron chi connectivity index (χ2n) is 16.8. The Morgan fingerprint density at radius 2 is 0.648 bits per heavy atom. The minimum atomic E-state index is 0.695. The molecule has 2 nitrogen and oxygen atoms in total. The van der Waals surface area contributed by atoms with Crippen LogP contribution < -0.4 is 9.80 Å². The molecule has 0 aromatic heterocycles. The zero-order chi connectivity index (χ0) is 37.3. The summed E-state index contributed by atoms with van der Waals surface area (Å²) >= 11 is 0. The first-order chi connectivity index (χ1) is 26.2. The van der Waals surface area contributed by atoms with Crippen molar-refractivity contribution in [2.24, 2.45) is 0 Å². The molecule has 0 spiro atoms. The number of hydrogen-bond donors (Lipinski definition) is 0. The Morgan fingerprint density at radius 3 is 0.981 bits per heavy atom. The van der Waals surface area contributed by atoms with Crippen molar-refractivity contribution in [1.82, 2.24) is 0 Å². The summed E-state index contributed by atoms with van der Waals surface area (Å²) in [5, 5.41) is 2.60.